The number of aromatic nitrogens is 3. The quantitative estimate of drug-likeness (QED) is 0.851. The van der Waals surface area contributed by atoms with Crippen LogP contribution in [0, 0.1) is 17.8 Å². The Bertz CT molecular complexity index is 777. The van der Waals surface area contributed by atoms with Gasteiger partial charge in [-0.3, -0.25) is 0 Å². The van der Waals surface area contributed by atoms with Crippen molar-refractivity contribution >= 4 is 11.9 Å². The summed E-state index contributed by atoms with van der Waals surface area (Å²) in [5, 5.41) is 6.92. The lowest BCUT2D eigenvalue weighted by molar-refractivity contribution is 0.162. The van der Waals surface area contributed by atoms with Crippen LogP contribution >= 0.6 is 0 Å². The van der Waals surface area contributed by atoms with Crippen molar-refractivity contribution in [3.63, 3.8) is 0 Å². The largest absolute Gasteiger partial charge is 0.381 e. The molecule has 2 aliphatic heterocycles. The van der Waals surface area contributed by atoms with Crippen molar-refractivity contribution in [1.82, 2.24) is 15.0 Å². The van der Waals surface area contributed by atoms with E-state index in [-0.39, 0.29) is 6.04 Å². The van der Waals surface area contributed by atoms with E-state index in [2.05, 4.69) is 32.5 Å². The monoisotopic (exact) mass is 353 g/mol. The average Bonchev–Trinajstić information content (AvgIpc) is 3.02. The Morgan fingerprint density at radius 3 is 2.23 bits per heavy atom. The molecule has 5 rings (SSSR count). The van der Waals surface area contributed by atoms with E-state index in [4.69, 9.17) is 9.47 Å². The SMILES string of the molecule is CC1COCC1Nc1nc(NC2C3COCC32)nc(-c2ccccc2)n1. The molecule has 0 bridgehead atoms. The van der Waals surface area contributed by atoms with E-state index in [0.717, 1.165) is 25.4 Å². The zero-order chi connectivity index (χ0) is 17.5. The Balaban J connectivity index is 1.42. The van der Waals surface area contributed by atoms with E-state index < -0.39 is 0 Å². The summed E-state index contributed by atoms with van der Waals surface area (Å²) in [6.07, 6.45) is 0. The van der Waals surface area contributed by atoms with Gasteiger partial charge in [-0.2, -0.15) is 15.0 Å². The van der Waals surface area contributed by atoms with Gasteiger partial charge in [0.05, 0.1) is 32.5 Å². The third-order valence-electron chi connectivity index (χ3n) is 5.59. The van der Waals surface area contributed by atoms with Crippen molar-refractivity contribution in [3.8, 4) is 11.4 Å². The lowest BCUT2D eigenvalue weighted by atomic mass is 10.1. The molecular weight excluding hydrogens is 330 g/mol. The summed E-state index contributed by atoms with van der Waals surface area (Å²) in [5.41, 5.74) is 0.982. The maximum atomic E-state index is 5.55. The predicted molar refractivity (Wildman–Crippen MR) is 97.9 cm³/mol. The van der Waals surface area contributed by atoms with E-state index in [0.29, 0.717) is 48.1 Å². The molecule has 2 saturated heterocycles. The number of hydrogen-bond donors (Lipinski definition) is 2. The molecule has 3 aliphatic rings. The standard InChI is InChI=1S/C19H23N5O2/c1-11-7-25-10-15(11)20-18-22-17(12-5-3-2-4-6-12)23-19(24-18)21-16-13-8-26-9-14(13)16/h2-6,11,13-16H,7-10H2,1H3,(H2,20,21,22,23,24). The highest BCUT2D eigenvalue weighted by Gasteiger charge is 2.54. The summed E-state index contributed by atoms with van der Waals surface area (Å²) < 4.78 is 11.0. The van der Waals surface area contributed by atoms with Gasteiger partial charge in [0.15, 0.2) is 5.82 Å². The molecular formula is C19H23N5O2. The van der Waals surface area contributed by atoms with Gasteiger partial charge < -0.3 is 20.1 Å². The van der Waals surface area contributed by atoms with Crippen molar-refractivity contribution < 1.29 is 9.47 Å². The van der Waals surface area contributed by atoms with Gasteiger partial charge in [0.1, 0.15) is 0 Å². The minimum absolute atomic E-state index is 0.225. The summed E-state index contributed by atoms with van der Waals surface area (Å²) >= 11 is 0. The van der Waals surface area contributed by atoms with Gasteiger partial charge in [-0.1, -0.05) is 37.3 Å². The average molecular weight is 353 g/mol. The molecule has 1 aromatic carbocycles. The molecule has 3 heterocycles. The highest BCUT2D eigenvalue weighted by Crippen LogP contribution is 2.45. The van der Waals surface area contributed by atoms with Crippen LogP contribution in [0.2, 0.25) is 0 Å². The van der Waals surface area contributed by atoms with Gasteiger partial charge in [0, 0.05) is 29.4 Å². The van der Waals surface area contributed by atoms with Crippen molar-refractivity contribution in [2.24, 2.45) is 17.8 Å². The van der Waals surface area contributed by atoms with Crippen LogP contribution < -0.4 is 10.6 Å². The Labute approximate surface area is 152 Å². The van der Waals surface area contributed by atoms with E-state index in [1.165, 1.54) is 0 Å². The molecule has 136 valence electrons. The fourth-order valence-corrected chi connectivity index (χ4v) is 3.84. The lowest BCUT2D eigenvalue weighted by Gasteiger charge is -2.17. The van der Waals surface area contributed by atoms with Crippen LogP contribution in [0.1, 0.15) is 6.92 Å². The molecule has 2 aromatic rings. The summed E-state index contributed by atoms with van der Waals surface area (Å²) in [7, 11) is 0. The fraction of sp³-hybridized carbons (Fsp3) is 0.526. The molecule has 2 N–H and O–H groups in total. The number of fused-ring (bicyclic) bond motifs is 1. The number of benzene rings is 1. The van der Waals surface area contributed by atoms with Crippen molar-refractivity contribution in [1.29, 1.82) is 0 Å². The minimum Gasteiger partial charge on any atom is -0.381 e. The van der Waals surface area contributed by atoms with E-state index >= 15 is 0 Å². The van der Waals surface area contributed by atoms with Crippen LogP contribution in [0.15, 0.2) is 30.3 Å². The van der Waals surface area contributed by atoms with Crippen LogP contribution in [-0.4, -0.2) is 53.5 Å². The number of rotatable bonds is 5. The smallest absolute Gasteiger partial charge is 0.228 e. The third kappa shape index (κ3) is 3.01. The molecule has 0 amide bonds. The number of nitrogens with zero attached hydrogens (tertiary/aromatic N) is 3. The molecule has 26 heavy (non-hydrogen) atoms. The normalized spacial score (nSPS) is 32.3. The topological polar surface area (TPSA) is 81.2 Å². The highest BCUT2D eigenvalue weighted by atomic mass is 16.5. The maximum Gasteiger partial charge on any atom is 0.228 e. The molecule has 3 fully saturated rings. The molecule has 7 heteroatoms. The van der Waals surface area contributed by atoms with Gasteiger partial charge in [0.25, 0.3) is 0 Å². The first-order valence-electron chi connectivity index (χ1n) is 9.28. The first-order chi connectivity index (χ1) is 12.8. The maximum absolute atomic E-state index is 5.55. The second-order valence-electron chi connectivity index (χ2n) is 7.47. The number of ether oxygens (including phenoxy) is 2. The molecule has 4 atom stereocenters. The van der Waals surface area contributed by atoms with Crippen molar-refractivity contribution in [2.45, 2.75) is 19.0 Å². The van der Waals surface area contributed by atoms with Gasteiger partial charge in [0.2, 0.25) is 11.9 Å². The van der Waals surface area contributed by atoms with E-state index in [9.17, 15) is 0 Å². The Kier molecular flexibility index (Phi) is 3.98. The minimum atomic E-state index is 0.225. The first kappa shape index (κ1) is 16.0. The third-order valence-corrected chi connectivity index (χ3v) is 5.59. The van der Waals surface area contributed by atoms with E-state index in [1.54, 1.807) is 0 Å². The van der Waals surface area contributed by atoms with E-state index in [1.807, 2.05) is 30.3 Å². The molecule has 0 spiro atoms. The van der Waals surface area contributed by atoms with Crippen LogP contribution in [0.25, 0.3) is 11.4 Å². The summed E-state index contributed by atoms with van der Waals surface area (Å²) in [5.74, 6) is 3.53. The summed E-state index contributed by atoms with van der Waals surface area (Å²) in [6.45, 7) is 5.29. The Morgan fingerprint density at radius 2 is 1.54 bits per heavy atom. The molecule has 7 nitrogen and oxygen atoms in total. The van der Waals surface area contributed by atoms with Gasteiger partial charge in [-0.05, 0) is 0 Å². The molecule has 1 aromatic heterocycles. The lowest BCUT2D eigenvalue weighted by Crippen LogP contribution is -2.27. The number of nitrogens with one attached hydrogen (secondary N) is 2. The van der Waals surface area contributed by atoms with Gasteiger partial charge >= 0.3 is 0 Å². The summed E-state index contributed by atoms with van der Waals surface area (Å²) in [6, 6.07) is 10.7. The Morgan fingerprint density at radius 1 is 0.846 bits per heavy atom. The molecule has 0 radical (unpaired) electrons. The number of anilines is 2. The fourth-order valence-electron chi connectivity index (χ4n) is 3.84. The zero-order valence-corrected chi connectivity index (χ0v) is 14.8. The van der Waals surface area contributed by atoms with Crippen molar-refractivity contribution in [3.05, 3.63) is 30.3 Å². The highest BCUT2D eigenvalue weighted by molar-refractivity contribution is 5.58. The summed E-state index contributed by atoms with van der Waals surface area (Å²) in [4.78, 5) is 13.9. The molecule has 1 aliphatic carbocycles. The van der Waals surface area contributed by atoms with Crippen LogP contribution in [0.5, 0.6) is 0 Å². The van der Waals surface area contributed by atoms with Crippen LogP contribution in [0.4, 0.5) is 11.9 Å². The van der Waals surface area contributed by atoms with Gasteiger partial charge in [-0.15, -0.1) is 0 Å². The second kappa shape index (κ2) is 6.48. The van der Waals surface area contributed by atoms with Crippen molar-refractivity contribution in [2.75, 3.05) is 37.1 Å². The van der Waals surface area contributed by atoms with Gasteiger partial charge in [-0.25, -0.2) is 0 Å². The first-order valence-corrected chi connectivity index (χ1v) is 9.28. The Hall–Kier alpha value is -2.25. The molecule has 4 unspecified atom stereocenters. The number of hydrogen-bond acceptors (Lipinski definition) is 7. The molecule has 1 saturated carbocycles. The zero-order valence-electron chi connectivity index (χ0n) is 14.8. The van der Waals surface area contributed by atoms with Crippen LogP contribution in [0.3, 0.4) is 0 Å². The van der Waals surface area contributed by atoms with Crippen LogP contribution in [-0.2, 0) is 9.47 Å². The predicted octanol–water partition coefficient (Wildman–Crippen LogP) is 2.04. The second-order valence-corrected chi connectivity index (χ2v) is 7.47.